The number of carbonyl (C=O) groups is 1. The van der Waals surface area contributed by atoms with E-state index < -0.39 is 0 Å². The number of benzene rings is 1. The van der Waals surface area contributed by atoms with Gasteiger partial charge in [0.15, 0.2) is 0 Å². The molecule has 1 aromatic carbocycles. The second kappa shape index (κ2) is 8.29. The smallest absolute Gasteiger partial charge is 0.407 e. The lowest BCUT2D eigenvalue weighted by Crippen LogP contribution is -2.42. The van der Waals surface area contributed by atoms with E-state index in [0.29, 0.717) is 6.61 Å². The van der Waals surface area contributed by atoms with Gasteiger partial charge >= 0.3 is 6.09 Å². The lowest BCUT2D eigenvalue weighted by Gasteiger charge is -2.30. The molecule has 1 saturated carbocycles. The van der Waals surface area contributed by atoms with Crippen LogP contribution < -0.4 is 10.6 Å². The van der Waals surface area contributed by atoms with Gasteiger partial charge in [-0.1, -0.05) is 30.3 Å². The van der Waals surface area contributed by atoms with Gasteiger partial charge in [0, 0.05) is 24.5 Å². The fourth-order valence-electron chi connectivity index (χ4n) is 2.97. The molecule has 6 heteroatoms. The van der Waals surface area contributed by atoms with Gasteiger partial charge in [0.2, 0.25) is 0 Å². The van der Waals surface area contributed by atoms with Gasteiger partial charge in [0.1, 0.15) is 12.4 Å². The number of hydrogen-bond donors (Lipinski definition) is 2. The average molecular weight is 326 g/mol. The monoisotopic (exact) mass is 326 g/mol. The molecule has 0 unspecified atom stereocenters. The first kappa shape index (κ1) is 16.2. The molecule has 2 atom stereocenters. The van der Waals surface area contributed by atoms with E-state index in [-0.39, 0.29) is 18.2 Å². The fraction of sp³-hybridized carbons (Fsp3) is 0.389. The lowest BCUT2D eigenvalue weighted by molar-refractivity contribution is 0.132. The molecule has 1 heterocycles. The van der Waals surface area contributed by atoms with E-state index in [4.69, 9.17) is 4.74 Å². The van der Waals surface area contributed by atoms with Crippen molar-refractivity contribution in [2.75, 3.05) is 5.32 Å². The zero-order valence-corrected chi connectivity index (χ0v) is 13.5. The SMILES string of the molecule is O=C(N[C@H]1CCC[C@@H](Nc2cnccn2)C1)OCc1ccccc1. The third-order valence-corrected chi connectivity index (χ3v) is 4.12. The Morgan fingerprint density at radius 3 is 2.79 bits per heavy atom. The Kier molecular flexibility index (Phi) is 5.61. The van der Waals surface area contributed by atoms with E-state index in [1.807, 2.05) is 30.3 Å². The molecule has 126 valence electrons. The van der Waals surface area contributed by atoms with Crippen molar-refractivity contribution >= 4 is 11.9 Å². The Morgan fingerprint density at radius 2 is 2.00 bits per heavy atom. The summed E-state index contributed by atoms with van der Waals surface area (Å²) in [5.41, 5.74) is 0.985. The highest BCUT2D eigenvalue weighted by atomic mass is 16.5. The zero-order valence-electron chi connectivity index (χ0n) is 13.5. The van der Waals surface area contributed by atoms with Gasteiger partial charge in [-0.3, -0.25) is 4.98 Å². The van der Waals surface area contributed by atoms with E-state index in [9.17, 15) is 4.79 Å². The van der Waals surface area contributed by atoms with Crippen LogP contribution in [0.4, 0.5) is 10.6 Å². The van der Waals surface area contributed by atoms with Crippen LogP contribution in [-0.2, 0) is 11.3 Å². The summed E-state index contributed by atoms with van der Waals surface area (Å²) in [6, 6.07) is 10.1. The molecule has 1 aliphatic rings. The lowest BCUT2D eigenvalue weighted by atomic mass is 9.91. The van der Waals surface area contributed by atoms with Crippen molar-refractivity contribution in [2.45, 2.75) is 44.4 Å². The number of ether oxygens (including phenoxy) is 1. The number of hydrogen-bond acceptors (Lipinski definition) is 5. The number of alkyl carbamates (subject to hydrolysis) is 1. The van der Waals surface area contributed by atoms with Gasteiger partial charge in [-0.15, -0.1) is 0 Å². The molecular weight excluding hydrogens is 304 g/mol. The number of carbonyl (C=O) groups excluding carboxylic acids is 1. The molecule has 6 nitrogen and oxygen atoms in total. The number of nitrogens with one attached hydrogen (secondary N) is 2. The van der Waals surface area contributed by atoms with Crippen molar-refractivity contribution in [3.05, 3.63) is 54.5 Å². The van der Waals surface area contributed by atoms with E-state index in [0.717, 1.165) is 37.1 Å². The topological polar surface area (TPSA) is 76.1 Å². The van der Waals surface area contributed by atoms with Crippen LogP contribution in [0.5, 0.6) is 0 Å². The van der Waals surface area contributed by atoms with Crippen LogP contribution in [0.1, 0.15) is 31.2 Å². The molecular formula is C18H22N4O2. The minimum absolute atomic E-state index is 0.121. The van der Waals surface area contributed by atoms with E-state index in [2.05, 4.69) is 20.6 Å². The quantitative estimate of drug-likeness (QED) is 0.883. The summed E-state index contributed by atoms with van der Waals surface area (Å²) in [7, 11) is 0. The minimum Gasteiger partial charge on any atom is -0.445 e. The summed E-state index contributed by atoms with van der Waals surface area (Å²) in [4.78, 5) is 20.3. The van der Waals surface area contributed by atoms with Crippen molar-refractivity contribution in [1.82, 2.24) is 15.3 Å². The van der Waals surface area contributed by atoms with E-state index >= 15 is 0 Å². The van der Waals surface area contributed by atoms with Crippen LogP contribution in [-0.4, -0.2) is 28.1 Å². The van der Waals surface area contributed by atoms with Crippen LogP contribution in [0.2, 0.25) is 0 Å². The standard InChI is InChI=1S/C18H22N4O2/c23-18(24-13-14-5-2-1-3-6-14)22-16-8-4-7-15(11-16)21-17-12-19-9-10-20-17/h1-3,5-6,9-10,12,15-16H,4,7-8,11,13H2,(H,20,21)(H,22,23)/t15-,16+/m1/s1. The molecule has 0 radical (unpaired) electrons. The van der Waals surface area contributed by atoms with Crippen molar-refractivity contribution in [3.63, 3.8) is 0 Å². The highest BCUT2D eigenvalue weighted by molar-refractivity contribution is 5.67. The first-order chi connectivity index (χ1) is 11.8. The van der Waals surface area contributed by atoms with Crippen LogP contribution in [0.3, 0.4) is 0 Å². The van der Waals surface area contributed by atoms with Crippen molar-refractivity contribution in [2.24, 2.45) is 0 Å². The molecule has 24 heavy (non-hydrogen) atoms. The highest BCUT2D eigenvalue weighted by Gasteiger charge is 2.23. The fourth-order valence-corrected chi connectivity index (χ4v) is 2.97. The number of amides is 1. The molecule has 2 aromatic rings. The first-order valence-corrected chi connectivity index (χ1v) is 8.29. The third-order valence-electron chi connectivity index (χ3n) is 4.12. The summed E-state index contributed by atoms with van der Waals surface area (Å²) >= 11 is 0. The third kappa shape index (κ3) is 4.94. The largest absolute Gasteiger partial charge is 0.445 e. The van der Waals surface area contributed by atoms with Gasteiger partial charge in [0.25, 0.3) is 0 Å². The number of aromatic nitrogens is 2. The Labute approximate surface area is 141 Å². The summed E-state index contributed by atoms with van der Waals surface area (Å²) in [5, 5.41) is 6.34. The summed E-state index contributed by atoms with van der Waals surface area (Å²) in [6.07, 6.45) is 8.63. The summed E-state index contributed by atoms with van der Waals surface area (Å²) < 4.78 is 5.29. The van der Waals surface area contributed by atoms with Gasteiger partial charge in [-0.25, -0.2) is 9.78 Å². The molecule has 0 aliphatic heterocycles. The van der Waals surface area contributed by atoms with E-state index in [1.165, 1.54) is 0 Å². The Morgan fingerprint density at radius 1 is 1.17 bits per heavy atom. The predicted molar refractivity (Wildman–Crippen MR) is 91.5 cm³/mol. The van der Waals surface area contributed by atoms with Crippen LogP contribution in [0.25, 0.3) is 0 Å². The minimum atomic E-state index is -0.357. The second-order valence-electron chi connectivity index (χ2n) is 6.00. The highest BCUT2D eigenvalue weighted by Crippen LogP contribution is 2.21. The Balaban J connectivity index is 1.44. The molecule has 0 saturated heterocycles. The molecule has 2 N–H and O–H groups in total. The van der Waals surface area contributed by atoms with Crippen LogP contribution in [0, 0.1) is 0 Å². The van der Waals surface area contributed by atoms with Gasteiger partial charge in [-0.2, -0.15) is 0 Å². The van der Waals surface area contributed by atoms with E-state index in [1.54, 1.807) is 18.6 Å². The predicted octanol–water partition coefficient (Wildman–Crippen LogP) is 3.13. The number of anilines is 1. The van der Waals surface area contributed by atoms with Crippen LogP contribution in [0.15, 0.2) is 48.9 Å². The molecule has 1 amide bonds. The second-order valence-corrected chi connectivity index (χ2v) is 6.00. The number of rotatable bonds is 5. The molecule has 0 spiro atoms. The molecule has 0 bridgehead atoms. The number of nitrogens with zero attached hydrogens (tertiary/aromatic N) is 2. The normalized spacial score (nSPS) is 20.2. The zero-order chi connectivity index (χ0) is 16.6. The van der Waals surface area contributed by atoms with Crippen molar-refractivity contribution in [1.29, 1.82) is 0 Å². The van der Waals surface area contributed by atoms with Gasteiger partial charge in [-0.05, 0) is 31.2 Å². The molecule has 3 rings (SSSR count). The maximum Gasteiger partial charge on any atom is 0.407 e. The van der Waals surface area contributed by atoms with Crippen molar-refractivity contribution < 1.29 is 9.53 Å². The van der Waals surface area contributed by atoms with Crippen LogP contribution >= 0.6 is 0 Å². The first-order valence-electron chi connectivity index (χ1n) is 8.29. The van der Waals surface area contributed by atoms with Gasteiger partial charge < -0.3 is 15.4 Å². The molecule has 1 aliphatic carbocycles. The maximum atomic E-state index is 12.0. The maximum absolute atomic E-state index is 12.0. The van der Waals surface area contributed by atoms with Gasteiger partial charge in [0.05, 0.1) is 6.20 Å². The average Bonchev–Trinajstić information content (AvgIpc) is 2.62. The Bertz CT molecular complexity index is 636. The summed E-state index contributed by atoms with van der Waals surface area (Å²) in [6.45, 7) is 0.292. The molecule has 1 fully saturated rings. The Hall–Kier alpha value is -2.63. The summed E-state index contributed by atoms with van der Waals surface area (Å²) in [5.74, 6) is 0.773. The van der Waals surface area contributed by atoms with Crippen molar-refractivity contribution in [3.8, 4) is 0 Å². The molecule has 1 aromatic heterocycles.